The first-order chi connectivity index (χ1) is 13.3. The SMILES string of the molecule is COC(=O)C(CC(C)C)NC(=O)C1CCN(Cc2ccc(OC)c(Br)c2)CC1. The summed E-state index contributed by atoms with van der Waals surface area (Å²) in [6, 6.07) is 5.54. The first-order valence-electron chi connectivity index (χ1n) is 9.77. The van der Waals surface area contributed by atoms with E-state index in [1.165, 1.54) is 12.7 Å². The molecule has 1 amide bonds. The lowest BCUT2D eigenvalue weighted by Gasteiger charge is -2.32. The molecule has 0 radical (unpaired) electrons. The maximum Gasteiger partial charge on any atom is 0.328 e. The molecule has 1 unspecified atom stereocenters. The minimum absolute atomic E-state index is 0.0390. The van der Waals surface area contributed by atoms with Gasteiger partial charge < -0.3 is 14.8 Å². The molecule has 156 valence electrons. The van der Waals surface area contributed by atoms with E-state index in [1.807, 2.05) is 19.9 Å². The van der Waals surface area contributed by atoms with Gasteiger partial charge in [-0.05, 0) is 71.9 Å². The van der Waals surface area contributed by atoms with Crippen molar-refractivity contribution in [2.75, 3.05) is 27.3 Å². The van der Waals surface area contributed by atoms with Gasteiger partial charge in [-0.25, -0.2) is 4.79 Å². The summed E-state index contributed by atoms with van der Waals surface area (Å²) in [7, 11) is 3.01. The fourth-order valence-electron chi connectivity index (χ4n) is 3.54. The second-order valence-corrected chi connectivity index (χ2v) is 8.59. The molecule has 1 atom stereocenters. The summed E-state index contributed by atoms with van der Waals surface area (Å²) in [5.74, 6) is 0.654. The minimum atomic E-state index is -0.563. The Bertz CT molecular complexity index is 672. The summed E-state index contributed by atoms with van der Waals surface area (Å²) in [5, 5.41) is 2.90. The molecular weight excluding hydrogens is 424 g/mol. The van der Waals surface area contributed by atoms with Gasteiger partial charge in [-0.1, -0.05) is 19.9 Å². The van der Waals surface area contributed by atoms with E-state index in [1.54, 1.807) is 7.11 Å². The number of methoxy groups -OCH3 is 2. The molecular formula is C21H31BrN2O4. The van der Waals surface area contributed by atoms with Crippen molar-refractivity contribution in [3.63, 3.8) is 0 Å². The van der Waals surface area contributed by atoms with Crippen LogP contribution in [0.2, 0.25) is 0 Å². The minimum Gasteiger partial charge on any atom is -0.496 e. The third-order valence-corrected chi connectivity index (χ3v) is 5.71. The van der Waals surface area contributed by atoms with Gasteiger partial charge >= 0.3 is 5.97 Å². The molecule has 0 saturated carbocycles. The lowest BCUT2D eigenvalue weighted by molar-refractivity contribution is -0.146. The van der Waals surface area contributed by atoms with Crippen LogP contribution < -0.4 is 10.1 Å². The number of nitrogens with zero attached hydrogens (tertiary/aromatic N) is 1. The summed E-state index contributed by atoms with van der Waals surface area (Å²) < 4.78 is 11.1. The topological polar surface area (TPSA) is 67.9 Å². The highest BCUT2D eigenvalue weighted by molar-refractivity contribution is 9.10. The van der Waals surface area contributed by atoms with Gasteiger partial charge in [-0.2, -0.15) is 0 Å². The molecule has 2 rings (SSSR count). The van der Waals surface area contributed by atoms with Crippen molar-refractivity contribution >= 4 is 27.8 Å². The van der Waals surface area contributed by atoms with Crippen LogP contribution in [0.25, 0.3) is 0 Å². The first kappa shape index (κ1) is 22.7. The maximum absolute atomic E-state index is 12.6. The van der Waals surface area contributed by atoms with Gasteiger partial charge in [0.2, 0.25) is 5.91 Å². The van der Waals surface area contributed by atoms with Crippen LogP contribution in [-0.2, 0) is 20.9 Å². The monoisotopic (exact) mass is 454 g/mol. The second-order valence-electron chi connectivity index (χ2n) is 7.73. The van der Waals surface area contributed by atoms with Gasteiger partial charge in [-0.15, -0.1) is 0 Å². The van der Waals surface area contributed by atoms with Crippen LogP contribution in [0.3, 0.4) is 0 Å². The summed E-state index contributed by atoms with van der Waals surface area (Å²) in [5.41, 5.74) is 1.21. The van der Waals surface area contributed by atoms with Crippen molar-refractivity contribution in [3.05, 3.63) is 28.2 Å². The standard InChI is InChI=1S/C21H31BrN2O4/c1-14(2)11-18(21(26)28-4)23-20(25)16-7-9-24(10-8-16)13-15-5-6-19(27-3)17(22)12-15/h5-6,12,14,16,18H,7-11,13H2,1-4H3,(H,23,25). The molecule has 1 aromatic rings. The van der Waals surface area contributed by atoms with E-state index >= 15 is 0 Å². The highest BCUT2D eigenvalue weighted by atomic mass is 79.9. The quantitative estimate of drug-likeness (QED) is 0.609. The van der Waals surface area contributed by atoms with E-state index in [4.69, 9.17) is 9.47 Å². The zero-order valence-corrected chi connectivity index (χ0v) is 18.8. The molecule has 0 spiro atoms. The Balaban J connectivity index is 1.85. The largest absolute Gasteiger partial charge is 0.496 e. The molecule has 1 aliphatic rings. The number of piperidine rings is 1. The number of hydrogen-bond donors (Lipinski definition) is 1. The van der Waals surface area contributed by atoms with Crippen LogP contribution in [0.5, 0.6) is 5.75 Å². The number of amides is 1. The number of nitrogens with one attached hydrogen (secondary N) is 1. The van der Waals surface area contributed by atoms with Gasteiger partial charge in [-0.3, -0.25) is 9.69 Å². The van der Waals surface area contributed by atoms with Crippen molar-refractivity contribution < 1.29 is 19.1 Å². The number of benzene rings is 1. The molecule has 7 heteroatoms. The number of halogens is 1. The summed E-state index contributed by atoms with van der Waals surface area (Å²) in [6.07, 6.45) is 2.17. The maximum atomic E-state index is 12.6. The Morgan fingerprint density at radius 2 is 1.93 bits per heavy atom. The van der Waals surface area contributed by atoms with Crippen molar-refractivity contribution in [1.29, 1.82) is 0 Å². The number of rotatable bonds is 8. The van der Waals surface area contributed by atoms with Crippen molar-refractivity contribution in [1.82, 2.24) is 10.2 Å². The van der Waals surface area contributed by atoms with E-state index in [-0.39, 0.29) is 17.8 Å². The zero-order valence-electron chi connectivity index (χ0n) is 17.2. The Labute approximate surface area is 176 Å². The molecule has 6 nitrogen and oxygen atoms in total. The molecule has 1 aromatic carbocycles. The molecule has 0 aliphatic carbocycles. The summed E-state index contributed by atoms with van der Waals surface area (Å²) in [6.45, 7) is 6.61. The molecule has 1 heterocycles. The van der Waals surface area contributed by atoms with Gasteiger partial charge in [0.05, 0.1) is 18.7 Å². The van der Waals surface area contributed by atoms with Crippen molar-refractivity contribution in [3.8, 4) is 5.75 Å². The second kappa shape index (κ2) is 10.8. The van der Waals surface area contributed by atoms with E-state index in [9.17, 15) is 9.59 Å². The Hall–Kier alpha value is -1.60. The number of likely N-dealkylation sites (tertiary alicyclic amines) is 1. The summed E-state index contributed by atoms with van der Waals surface area (Å²) >= 11 is 3.52. The molecule has 0 bridgehead atoms. The van der Waals surface area contributed by atoms with E-state index in [0.717, 1.165) is 42.7 Å². The van der Waals surface area contributed by atoms with Crippen molar-refractivity contribution in [2.45, 2.75) is 45.7 Å². The van der Waals surface area contributed by atoms with E-state index < -0.39 is 6.04 Å². The van der Waals surface area contributed by atoms with Crippen molar-refractivity contribution in [2.24, 2.45) is 11.8 Å². The molecule has 0 aromatic heterocycles. The lowest BCUT2D eigenvalue weighted by atomic mass is 9.94. The van der Waals surface area contributed by atoms with Gasteiger partial charge in [0, 0.05) is 12.5 Å². The van der Waals surface area contributed by atoms with Gasteiger partial charge in [0.25, 0.3) is 0 Å². The van der Waals surface area contributed by atoms with Gasteiger partial charge in [0.15, 0.2) is 0 Å². The Morgan fingerprint density at radius 1 is 1.25 bits per heavy atom. The Kier molecular flexibility index (Phi) is 8.76. The fraction of sp³-hybridized carbons (Fsp3) is 0.619. The number of hydrogen-bond acceptors (Lipinski definition) is 5. The van der Waals surface area contributed by atoms with E-state index in [0.29, 0.717) is 12.3 Å². The number of esters is 1. The van der Waals surface area contributed by atoms with Crippen LogP contribution in [0.4, 0.5) is 0 Å². The van der Waals surface area contributed by atoms with Crippen LogP contribution in [-0.4, -0.2) is 50.1 Å². The number of carbonyl (C=O) groups is 2. The van der Waals surface area contributed by atoms with Crippen LogP contribution in [0.1, 0.15) is 38.7 Å². The third kappa shape index (κ3) is 6.48. The summed E-state index contributed by atoms with van der Waals surface area (Å²) in [4.78, 5) is 26.9. The predicted octanol–water partition coefficient (Wildman–Crippen LogP) is 3.37. The highest BCUT2D eigenvalue weighted by Gasteiger charge is 2.29. The zero-order chi connectivity index (χ0) is 20.7. The fourth-order valence-corrected chi connectivity index (χ4v) is 4.13. The average molecular weight is 455 g/mol. The number of carbonyl (C=O) groups excluding carboxylic acids is 2. The Morgan fingerprint density at radius 3 is 2.46 bits per heavy atom. The van der Waals surface area contributed by atoms with Crippen LogP contribution in [0.15, 0.2) is 22.7 Å². The first-order valence-corrected chi connectivity index (χ1v) is 10.6. The van der Waals surface area contributed by atoms with E-state index in [2.05, 4.69) is 38.3 Å². The average Bonchev–Trinajstić information content (AvgIpc) is 2.67. The molecule has 28 heavy (non-hydrogen) atoms. The molecule has 1 saturated heterocycles. The third-order valence-electron chi connectivity index (χ3n) is 5.09. The normalized spacial score (nSPS) is 16.6. The molecule has 1 fully saturated rings. The predicted molar refractivity (Wildman–Crippen MR) is 112 cm³/mol. The molecule has 1 aliphatic heterocycles. The lowest BCUT2D eigenvalue weighted by Crippen LogP contribution is -2.47. The van der Waals surface area contributed by atoms with Crippen LogP contribution in [0, 0.1) is 11.8 Å². The number of ether oxygens (including phenoxy) is 2. The van der Waals surface area contributed by atoms with Gasteiger partial charge in [0.1, 0.15) is 11.8 Å². The smallest absolute Gasteiger partial charge is 0.328 e. The van der Waals surface area contributed by atoms with Crippen LogP contribution >= 0.6 is 15.9 Å². The molecule has 1 N–H and O–H groups in total. The highest BCUT2D eigenvalue weighted by Crippen LogP contribution is 2.27.